The van der Waals surface area contributed by atoms with Gasteiger partial charge in [0.1, 0.15) is 0 Å². The molecule has 0 bridgehead atoms. The summed E-state index contributed by atoms with van der Waals surface area (Å²) in [5.41, 5.74) is 0. The third-order valence-electron chi connectivity index (χ3n) is 4.70. The number of rotatable bonds is 6. The predicted molar refractivity (Wildman–Crippen MR) is 85.7 cm³/mol. The number of carbonyl (C=O) groups excluding carboxylic acids is 1. The average molecular weight is 321 g/mol. The minimum atomic E-state index is 0.159. The van der Waals surface area contributed by atoms with Gasteiger partial charge in [-0.1, -0.05) is 5.16 Å². The molecule has 0 radical (unpaired) electrons. The normalized spacial score (nSPS) is 21.8. The third-order valence-corrected chi connectivity index (χ3v) is 4.70. The molecule has 1 aromatic heterocycles. The lowest BCUT2D eigenvalue weighted by Crippen LogP contribution is -2.43. The summed E-state index contributed by atoms with van der Waals surface area (Å²) >= 11 is 0. The Hall–Kier alpha value is -1.47. The molecule has 1 saturated carbocycles. The molecule has 2 heterocycles. The van der Waals surface area contributed by atoms with Gasteiger partial charge in [0, 0.05) is 26.1 Å². The molecule has 128 valence electrons. The maximum Gasteiger partial charge on any atom is 0.234 e. The quantitative estimate of drug-likeness (QED) is 0.835. The fraction of sp³-hybridized carbons (Fsp3) is 0.812. The van der Waals surface area contributed by atoms with Gasteiger partial charge in [-0.05, 0) is 45.2 Å². The molecule has 1 aliphatic carbocycles. The Morgan fingerprint density at radius 1 is 1.30 bits per heavy atom. The first kappa shape index (κ1) is 16.4. The van der Waals surface area contributed by atoms with Crippen molar-refractivity contribution in [1.82, 2.24) is 25.3 Å². The molecule has 2 aliphatic rings. The highest BCUT2D eigenvalue weighted by Crippen LogP contribution is 2.32. The predicted octanol–water partition coefficient (Wildman–Crippen LogP) is 0.800. The summed E-state index contributed by atoms with van der Waals surface area (Å²) < 4.78 is 5.02. The van der Waals surface area contributed by atoms with Gasteiger partial charge in [0.2, 0.25) is 11.8 Å². The van der Waals surface area contributed by atoms with Crippen molar-refractivity contribution in [3.63, 3.8) is 0 Å². The first-order chi connectivity index (χ1) is 11.1. The summed E-state index contributed by atoms with van der Waals surface area (Å²) in [7, 11) is 0. The van der Waals surface area contributed by atoms with E-state index in [0.29, 0.717) is 24.4 Å². The second-order valence-electron chi connectivity index (χ2n) is 6.83. The third kappa shape index (κ3) is 5.00. The monoisotopic (exact) mass is 321 g/mol. The van der Waals surface area contributed by atoms with Crippen LogP contribution < -0.4 is 5.32 Å². The summed E-state index contributed by atoms with van der Waals surface area (Å²) in [6.07, 6.45) is 3.58. The van der Waals surface area contributed by atoms with Crippen LogP contribution in [0.1, 0.15) is 37.9 Å². The van der Waals surface area contributed by atoms with Gasteiger partial charge in [-0.25, -0.2) is 0 Å². The van der Waals surface area contributed by atoms with Gasteiger partial charge >= 0.3 is 0 Å². The van der Waals surface area contributed by atoms with Gasteiger partial charge in [-0.15, -0.1) is 0 Å². The van der Waals surface area contributed by atoms with E-state index in [9.17, 15) is 4.79 Å². The lowest BCUT2D eigenvalue weighted by atomic mass is 10.2. The number of aryl methyl sites for hydroxylation is 1. The lowest BCUT2D eigenvalue weighted by molar-refractivity contribution is -0.123. The van der Waals surface area contributed by atoms with E-state index < -0.39 is 0 Å². The molecule has 1 saturated heterocycles. The van der Waals surface area contributed by atoms with E-state index in [1.54, 1.807) is 0 Å². The van der Waals surface area contributed by atoms with E-state index in [1.165, 1.54) is 12.8 Å². The summed E-state index contributed by atoms with van der Waals surface area (Å²) in [4.78, 5) is 21.0. The zero-order valence-corrected chi connectivity index (χ0v) is 14.1. The molecule has 0 aromatic carbocycles. The van der Waals surface area contributed by atoms with Crippen molar-refractivity contribution < 1.29 is 9.32 Å². The minimum Gasteiger partial charge on any atom is -0.352 e. The zero-order chi connectivity index (χ0) is 16.2. The lowest BCUT2D eigenvalue weighted by Gasteiger charge is -2.21. The van der Waals surface area contributed by atoms with Crippen molar-refractivity contribution in [1.29, 1.82) is 0 Å². The Labute approximate surface area is 137 Å². The fourth-order valence-electron chi connectivity index (χ4n) is 3.16. The molecule has 0 spiro atoms. The smallest absolute Gasteiger partial charge is 0.234 e. The van der Waals surface area contributed by atoms with Crippen LogP contribution in [0.25, 0.3) is 0 Å². The summed E-state index contributed by atoms with van der Waals surface area (Å²) in [5, 5.41) is 7.09. The van der Waals surface area contributed by atoms with Crippen LogP contribution in [-0.2, 0) is 11.3 Å². The van der Waals surface area contributed by atoms with Crippen molar-refractivity contribution in [2.24, 2.45) is 5.92 Å². The molecule has 1 aliphatic heterocycles. The SMILES string of the molecule is Cc1nc(CN2CCCN(CC(=O)N[C@@H](C)C3CC3)CC2)no1. The van der Waals surface area contributed by atoms with Crippen molar-refractivity contribution in [2.75, 3.05) is 32.7 Å². The van der Waals surface area contributed by atoms with E-state index in [1.807, 2.05) is 6.92 Å². The Morgan fingerprint density at radius 3 is 2.74 bits per heavy atom. The molecule has 0 unspecified atom stereocenters. The minimum absolute atomic E-state index is 0.159. The molecule has 23 heavy (non-hydrogen) atoms. The van der Waals surface area contributed by atoms with Gasteiger partial charge in [0.25, 0.3) is 0 Å². The van der Waals surface area contributed by atoms with Crippen molar-refractivity contribution in [3.05, 3.63) is 11.7 Å². The molecule has 1 N–H and O–H groups in total. The average Bonchev–Trinajstić information content (AvgIpc) is 3.29. The maximum absolute atomic E-state index is 12.1. The molecule has 7 heteroatoms. The molecule has 7 nitrogen and oxygen atoms in total. The van der Waals surface area contributed by atoms with Crippen LogP contribution in [0, 0.1) is 12.8 Å². The van der Waals surface area contributed by atoms with Crippen LogP contribution in [-0.4, -0.2) is 64.6 Å². The van der Waals surface area contributed by atoms with Crippen molar-refractivity contribution in [3.8, 4) is 0 Å². The number of amides is 1. The summed E-state index contributed by atoms with van der Waals surface area (Å²) in [6, 6.07) is 0.326. The number of hydrogen-bond acceptors (Lipinski definition) is 6. The molecule has 3 rings (SSSR count). The Balaban J connectivity index is 1.41. The van der Waals surface area contributed by atoms with E-state index in [-0.39, 0.29) is 5.91 Å². The van der Waals surface area contributed by atoms with Crippen LogP contribution >= 0.6 is 0 Å². The topological polar surface area (TPSA) is 74.5 Å². The zero-order valence-electron chi connectivity index (χ0n) is 14.1. The van der Waals surface area contributed by atoms with Gasteiger partial charge in [0.15, 0.2) is 5.82 Å². The van der Waals surface area contributed by atoms with Gasteiger partial charge in [-0.3, -0.25) is 14.6 Å². The number of carbonyl (C=O) groups is 1. The van der Waals surface area contributed by atoms with E-state index >= 15 is 0 Å². The largest absolute Gasteiger partial charge is 0.352 e. The van der Waals surface area contributed by atoms with E-state index in [2.05, 4.69) is 32.2 Å². The van der Waals surface area contributed by atoms with Crippen LogP contribution in [0.2, 0.25) is 0 Å². The second-order valence-corrected chi connectivity index (χ2v) is 6.83. The number of aromatic nitrogens is 2. The van der Waals surface area contributed by atoms with Crippen molar-refractivity contribution in [2.45, 2.75) is 45.7 Å². The van der Waals surface area contributed by atoms with Crippen molar-refractivity contribution >= 4 is 5.91 Å². The highest BCUT2D eigenvalue weighted by atomic mass is 16.5. The number of hydrogen-bond donors (Lipinski definition) is 1. The molecule has 1 amide bonds. The summed E-state index contributed by atoms with van der Waals surface area (Å²) in [5.74, 6) is 2.22. The van der Waals surface area contributed by atoms with Gasteiger partial charge in [-0.2, -0.15) is 4.98 Å². The highest BCUT2D eigenvalue weighted by Gasteiger charge is 2.29. The first-order valence-electron chi connectivity index (χ1n) is 8.63. The second kappa shape index (κ2) is 7.40. The molecule has 1 atom stereocenters. The first-order valence-corrected chi connectivity index (χ1v) is 8.63. The van der Waals surface area contributed by atoms with E-state index in [0.717, 1.165) is 45.0 Å². The van der Waals surface area contributed by atoms with Gasteiger partial charge < -0.3 is 9.84 Å². The number of nitrogens with zero attached hydrogens (tertiary/aromatic N) is 4. The standard InChI is InChI=1S/C16H27N5O2/c1-12(14-4-5-14)17-16(22)11-21-7-3-6-20(8-9-21)10-15-18-13(2)23-19-15/h12,14H,3-11H2,1-2H3,(H,17,22)/t12-/m0/s1. The summed E-state index contributed by atoms with van der Waals surface area (Å²) in [6.45, 7) is 8.95. The fourth-order valence-corrected chi connectivity index (χ4v) is 3.16. The molecule has 2 fully saturated rings. The van der Waals surface area contributed by atoms with Crippen LogP contribution in [0.15, 0.2) is 4.52 Å². The highest BCUT2D eigenvalue weighted by molar-refractivity contribution is 5.78. The van der Waals surface area contributed by atoms with Gasteiger partial charge in [0.05, 0.1) is 13.1 Å². The molecular weight excluding hydrogens is 294 g/mol. The number of nitrogens with one attached hydrogen (secondary N) is 1. The Morgan fingerprint density at radius 2 is 2.04 bits per heavy atom. The maximum atomic E-state index is 12.1. The Bertz CT molecular complexity index is 528. The van der Waals surface area contributed by atoms with Crippen LogP contribution in [0.3, 0.4) is 0 Å². The molecular formula is C16H27N5O2. The van der Waals surface area contributed by atoms with Crippen LogP contribution in [0.5, 0.6) is 0 Å². The Kier molecular flexibility index (Phi) is 5.27. The van der Waals surface area contributed by atoms with Crippen LogP contribution in [0.4, 0.5) is 0 Å². The van der Waals surface area contributed by atoms with E-state index in [4.69, 9.17) is 4.52 Å². The molecule has 1 aromatic rings.